The molecule has 3 unspecified atom stereocenters. The Morgan fingerprint density at radius 3 is 2.88 bits per heavy atom. The first kappa shape index (κ1) is 12.7. The number of rotatable bonds is 4. The predicted molar refractivity (Wildman–Crippen MR) is 62.6 cm³/mol. The Morgan fingerprint density at radius 1 is 1.76 bits per heavy atom. The van der Waals surface area contributed by atoms with Crippen LogP contribution in [0.1, 0.15) is 6.92 Å². The number of carbonyl (C=O) groups is 2. The zero-order valence-electron chi connectivity index (χ0n) is 9.71. The second-order valence-corrected chi connectivity index (χ2v) is 6.07. The molecule has 0 saturated carbocycles. The van der Waals surface area contributed by atoms with Crippen LogP contribution in [-0.4, -0.2) is 63.4 Å². The van der Waals surface area contributed by atoms with Gasteiger partial charge in [-0.25, -0.2) is 0 Å². The van der Waals surface area contributed by atoms with Gasteiger partial charge < -0.3 is 20.4 Å². The van der Waals surface area contributed by atoms with Crippen molar-refractivity contribution < 1.29 is 19.8 Å². The number of nitrogens with zero attached hydrogens (tertiary/aromatic N) is 1. The molecule has 0 bridgehead atoms. The summed E-state index contributed by atoms with van der Waals surface area (Å²) >= 11 is 1.26. The second kappa shape index (κ2) is 4.15. The summed E-state index contributed by atoms with van der Waals surface area (Å²) in [5.74, 6) is -1.52. The standard InChI is InChI=1S/C10H16N2O4S/c1-5(13)6-7(14)12-4-10(3-11-2,9(15)16)17-8(6)12/h5-6,8,11,13H,3-4H2,1-2H3,(H,15,16)/t5?,6?,8-,10?/m1/s1. The monoisotopic (exact) mass is 260 g/mol. The van der Waals surface area contributed by atoms with Gasteiger partial charge in [0.25, 0.3) is 0 Å². The minimum atomic E-state index is -0.987. The van der Waals surface area contributed by atoms with E-state index in [0.717, 1.165) is 0 Å². The zero-order valence-corrected chi connectivity index (χ0v) is 10.5. The maximum absolute atomic E-state index is 11.7. The highest BCUT2D eigenvalue weighted by molar-refractivity contribution is 8.02. The van der Waals surface area contributed by atoms with Crippen molar-refractivity contribution in [1.82, 2.24) is 10.2 Å². The fourth-order valence-corrected chi connectivity index (χ4v) is 4.22. The smallest absolute Gasteiger partial charge is 0.323 e. The molecule has 0 aromatic heterocycles. The Bertz CT molecular complexity index is 362. The number of aliphatic hydroxyl groups excluding tert-OH is 1. The highest BCUT2D eigenvalue weighted by atomic mass is 32.2. The molecule has 2 rings (SSSR count). The van der Waals surface area contributed by atoms with Gasteiger partial charge in [-0.1, -0.05) is 0 Å². The molecule has 2 aliphatic rings. The zero-order chi connectivity index (χ0) is 12.8. The molecule has 0 radical (unpaired) electrons. The average molecular weight is 260 g/mol. The fourth-order valence-electron chi connectivity index (χ4n) is 2.42. The van der Waals surface area contributed by atoms with Gasteiger partial charge in [-0.15, -0.1) is 11.8 Å². The van der Waals surface area contributed by atoms with Gasteiger partial charge >= 0.3 is 5.97 Å². The van der Waals surface area contributed by atoms with E-state index < -0.39 is 22.7 Å². The van der Waals surface area contributed by atoms with Crippen LogP contribution in [0.25, 0.3) is 0 Å². The average Bonchev–Trinajstić information content (AvgIpc) is 2.55. The van der Waals surface area contributed by atoms with Crippen LogP contribution in [0.4, 0.5) is 0 Å². The Kier molecular flexibility index (Phi) is 3.09. The van der Waals surface area contributed by atoms with Crippen molar-refractivity contribution in [3.8, 4) is 0 Å². The molecule has 1 amide bonds. The summed E-state index contributed by atoms with van der Waals surface area (Å²) in [5.41, 5.74) is 0. The summed E-state index contributed by atoms with van der Waals surface area (Å²) in [4.78, 5) is 24.6. The molecule has 7 heteroatoms. The number of carboxylic acids is 1. The molecular weight excluding hydrogens is 244 g/mol. The molecular formula is C10H16N2O4S. The number of amides is 1. The summed E-state index contributed by atoms with van der Waals surface area (Å²) < 4.78 is -0.987. The van der Waals surface area contributed by atoms with Crippen molar-refractivity contribution in [3.05, 3.63) is 0 Å². The fraction of sp³-hybridized carbons (Fsp3) is 0.800. The Morgan fingerprint density at radius 2 is 2.41 bits per heavy atom. The van der Waals surface area contributed by atoms with Crippen LogP contribution in [0.3, 0.4) is 0 Å². The van der Waals surface area contributed by atoms with Gasteiger partial charge in [0.2, 0.25) is 5.91 Å². The number of hydrogen-bond acceptors (Lipinski definition) is 5. The number of aliphatic hydroxyl groups is 1. The third-order valence-corrected chi connectivity index (χ3v) is 5.01. The van der Waals surface area contributed by atoms with E-state index in [1.54, 1.807) is 18.9 Å². The van der Waals surface area contributed by atoms with E-state index in [9.17, 15) is 19.8 Å². The molecule has 17 heavy (non-hydrogen) atoms. The van der Waals surface area contributed by atoms with Crippen LogP contribution in [0.5, 0.6) is 0 Å². The van der Waals surface area contributed by atoms with Crippen molar-refractivity contribution >= 4 is 23.6 Å². The first-order chi connectivity index (χ1) is 7.93. The number of nitrogens with one attached hydrogen (secondary N) is 1. The van der Waals surface area contributed by atoms with Crippen molar-refractivity contribution in [2.24, 2.45) is 5.92 Å². The summed E-state index contributed by atoms with van der Waals surface area (Å²) in [5, 5.41) is 21.5. The lowest BCUT2D eigenvalue weighted by Crippen LogP contribution is -2.60. The Balaban J connectivity index is 2.18. The van der Waals surface area contributed by atoms with Gasteiger partial charge in [-0.05, 0) is 14.0 Å². The van der Waals surface area contributed by atoms with Gasteiger partial charge in [-0.3, -0.25) is 9.59 Å². The number of thioether (sulfide) groups is 1. The minimum Gasteiger partial charge on any atom is -0.480 e. The number of fused-ring (bicyclic) bond motifs is 1. The number of β-lactam (4-membered cyclic amide) rings is 1. The van der Waals surface area contributed by atoms with Gasteiger partial charge in [0.1, 0.15) is 4.75 Å². The lowest BCUT2D eigenvalue weighted by Gasteiger charge is -2.42. The highest BCUT2D eigenvalue weighted by Crippen LogP contribution is 2.50. The topological polar surface area (TPSA) is 89.9 Å². The highest BCUT2D eigenvalue weighted by Gasteiger charge is 2.62. The van der Waals surface area contributed by atoms with E-state index >= 15 is 0 Å². The second-order valence-electron chi connectivity index (χ2n) is 4.57. The molecule has 6 nitrogen and oxygen atoms in total. The molecule has 2 aliphatic heterocycles. The Labute approximate surface area is 103 Å². The third-order valence-electron chi connectivity index (χ3n) is 3.33. The number of hydrogen-bond donors (Lipinski definition) is 3. The van der Waals surface area contributed by atoms with Crippen LogP contribution < -0.4 is 5.32 Å². The van der Waals surface area contributed by atoms with Crippen LogP contribution in [0.15, 0.2) is 0 Å². The third kappa shape index (κ3) is 1.73. The summed E-state index contributed by atoms with van der Waals surface area (Å²) in [6, 6.07) is 0. The van der Waals surface area contributed by atoms with E-state index in [1.165, 1.54) is 11.8 Å². The number of carbonyl (C=O) groups excluding carboxylic acids is 1. The lowest BCUT2D eigenvalue weighted by atomic mass is 9.92. The van der Waals surface area contributed by atoms with Crippen LogP contribution >= 0.6 is 11.8 Å². The van der Waals surface area contributed by atoms with Crippen molar-refractivity contribution in [1.29, 1.82) is 0 Å². The maximum Gasteiger partial charge on any atom is 0.323 e. The Hall–Kier alpha value is -0.790. The number of aliphatic carboxylic acids is 1. The predicted octanol–water partition coefficient (Wildman–Crippen LogP) is -1.06. The maximum atomic E-state index is 11.7. The summed E-state index contributed by atoms with van der Waals surface area (Å²) in [6.07, 6.45) is -0.726. The summed E-state index contributed by atoms with van der Waals surface area (Å²) in [7, 11) is 1.69. The van der Waals surface area contributed by atoms with E-state index in [4.69, 9.17) is 0 Å². The van der Waals surface area contributed by atoms with E-state index in [1.807, 2.05) is 0 Å². The molecule has 96 valence electrons. The molecule has 2 fully saturated rings. The largest absolute Gasteiger partial charge is 0.480 e. The van der Waals surface area contributed by atoms with Gasteiger partial charge in [0, 0.05) is 13.1 Å². The SMILES string of the molecule is CNCC1(C(=O)O)CN2C(=O)C(C(C)O)[C@H]2S1. The normalized spacial score (nSPS) is 37.6. The van der Waals surface area contributed by atoms with Gasteiger partial charge in [0.15, 0.2) is 0 Å². The van der Waals surface area contributed by atoms with E-state index in [2.05, 4.69) is 5.32 Å². The van der Waals surface area contributed by atoms with Gasteiger partial charge in [-0.2, -0.15) is 0 Å². The van der Waals surface area contributed by atoms with Crippen LogP contribution in [0, 0.1) is 5.92 Å². The first-order valence-electron chi connectivity index (χ1n) is 5.47. The van der Waals surface area contributed by atoms with Gasteiger partial charge in [0.05, 0.1) is 17.4 Å². The first-order valence-corrected chi connectivity index (χ1v) is 6.35. The molecule has 3 N–H and O–H groups in total. The lowest BCUT2D eigenvalue weighted by molar-refractivity contribution is -0.156. The quantitative estimate of drug-likeness (QED) is 0.558. The molecule has 0 aromatic carbocycles. The molecule has 2 saturated heterocycles. The number of carboxylic acid groups (broad SMARTS) is 1. The van der Waals surface area contributed by atoms with Crippen LogP contribution in [-0.2, 0) is 9.59 Å². The van der Waals surface area contributed by atoms with Crippen molar-refractivity contribution in [2.75, 3.05) is 20.1 Å². The van der Waals surface area contributed by atoms with Crippen molar-refractivity contribution in [3.63, 3.8) is 0 Å². The van der Waals surface area contributed by atoms with Crippen molar-refractivity contribution in [2.45, 2.75) is 23.1 Å². The molecule has 2 heterocycles. The summed E-state index contributed by atoms with van der Waals surface area (Å²) in [6.45, 7) is 2.08. The molecule has 0 aromatic rings. The van der Waals surface area contributed by atoms with E-state index in [0.29, 0.717) is 6.54 Å². The minimum absolute atomic E-state index is 0.142. The van der Waals surface area contributed by atoms with E-state index in [-0.39, 0.29) is 17.8 Å². The molecule has 0 aliphatic carbocycles. The molecule has 4 atom stereocenters. The molecule has 0 spiro atoms. The van der Waals surface area contributed by atoms with Crippen LogP contribution in [0.2, 0.25) is 0 Å².